The SMILES string of the molecule is CN(C)CCNC1(C(=O)O)CCCCC1(C)C. The Morgan fingerprint density at radius 2 is 1.88 bits per heavy atom. The van der Waals surface area contributed by atoms with E-state index in [9.17, 15) is 9.90 Å². The topological polar surface area (TPSA) is 52.6 Å². The van der Waals surface area contributed by atoms with Gasteiger partial charge in [0.25, 0.3) is 0 Å². The van der Waals surface area contributed by atoms with Crippen LogP contribution in [0.5, 0.6) is 0 Å². The van der Waals surface area contributed by atoms with Crippen LogP contribution in [-0.2, 0) is 4.79 Å². The molecule has 2 N–H and O–H groups in total. The highest BCUT2D eigenvalue weighted by Gasteiger charge is 2.52. The van der Waals surface area contributed by atoms with Crippen molar-refractivity contribution in [3.8, 4) is 0 Å². The maximum Gasteiger partial charge on any atom is 0.324 e. The molecule has 0 heterocycles. The molecule has 100 valence electrons. The summed E-state index contributed by atoms with van der Waals surface area (Å²) in [5, 5.41) is 12.9. The highest BCUT2D eigenvalue weighted by Crippen LogP contribution is 2.43. The number of carboxylic acids is 1. The summed E-state index contributed by atoms with van der Waals surface area (Å²) in [6.07, 6.45) is 3.86. The summed E-state index contributed by atoms with van der Waals surface area (Å²) in [6, 6.07) is 0. The van der Waals surface area contributed by atoms with Crippen molar-refractivity contribution in [2.45, 2.75) is 45.1 Å². The second-order valence-electron chi connectivity index (χ2n) is 6.03. The molecule has 1 fully saturated rings. The van der Waals surface area contributed by atoms with E-state index in [1.165, 1.54) is 0 Å². The number of rotatable bonds is 5. The summed E-state index contributed by atoms with van der Waals surface area (Å²) in [5.74, 6) is -0.694. The van der Waals surface area contributed by atoms with Crippen molar-refractivity contribution in [2.75, 3.05) is 27.2 Å². The quantitative estimate of drug-likeness (QED) is 0.768. The van der Waals surface area contributed by atoms with Crippen LogP contribution in [0.4, 0.5) is 0 Å². The van der Waals surface area contributed by atoms with Crippen molar-refractivity contribution in [1.29, 1.82) is 0 Å². The molecule has 1 unspecified atom stereocenters. The lowest BCUT2D eigenvalue weighted by Crippen LogP contribution is -2.63. The Bertz CT molecular complexity index is 277. The van der Waals surface area contributed by atoms with E-state index in [0.717, 1.165) is 38.8 Å². The molecular formula is C13H26N2O2. The average molecular weight is 242 g/mol. The number of nitrogens with one attached hydrogen (secondary N) is 1. The Balaban J connectivity index is 2.77. The minimum Gasteiger partial charge on any atom is -0.480 e. The van der Waals surface area contributed by atoms with Crippen LogP contribution in [0.2, 0.25) is 0 Å². The molecule has 0 bridgehead atoms. The second-order valence-corrected chi connectivity index (χ2v) is 6.03. The van der Waals surface area contributed by atoms with E-state index in [1.807, 2.05) is 14.1 Å². The third kappa shape index (κ3) is 2.99. The number of hydrogen-bond donors (Lipinski definition) is 2. The number of hydrogen-bond acceptors (Lipinski definition) is 3. The van der Waals surface area contributed by atoms with Gasteiger partial charge in [0.15, 0.2) is 0 Å². The molecule has 0 aromatic carbocycles. The first-order valence-corrected chi connectivity index (χ1v) is 6.45. The van der Waals surface area contributed by atoms with Crippen LogP contribution in [0.25, 0.3) is 0 Å². The Morgan fingerprint density at radius 3 is 2.35 bits per heavy atom. The fraction of sp³-hybridized carbons (Fsp3) is 0.923. The van der Waals surface area contributed by atoms with Crippen LogP contribution in [-0.4, -0.2) is 48.7 Å². The molecule has 4 nitrogen and oxygen atoms in total. The maximum absolute atomic E-state index is 11.7. The molecule has 0 spiro atoms. The van der Waals surface area contributed by atoms with Gasteiger partial charge in [0.1, 0.15) is 5.54 Å². The van der Waals surface area contributed by atoms with Gasteiger partial charge in [0.2, 0.25) is 0 Å². The van der Waals surface area contributed by atoms with E-state index in [0.29, 0.717) is 0 Å². The molecule has 0 aliphatic heterocycles. The van der Waals surface area contributed by atoms with Crippen LogP contribution < -0.4 is 5.32 Å². The Hall–Kier alpha value is -0.610. The molecule has 0 aromatic rings. The Kier molecular flexibility index (Phi) is 4.55. The van der Waals surface area contributed by atoms with Crippen LogP contribution in [0, 0.1) is 5.41 Å². The highest BCUT2D eigenvalue weighted by atomic mass is 16.4. The van der Waals surface area contributed by atoms with E-state index in [1.54, 1.807) is 0 Å². The van der Waals surface area contributed by atoms with Crippen molar-refractivity contribution in [2.24, 2.45) is 5.41 Å². The lowest BCUT2D eigenvalue weighted by atomic mass is 9.63. The highest BCUT2D eigenvalue weighted by molar-refractivity contribution is 5.80. The molecule has 1 rings (SSSR count). The van der Waals surface area contributed by atoms with E-state index in [4.69, 9.17) is 0 Å². The van der Waals surface area contributed by atoms with E-state index < -0.39 is 11.5 Å². The minimum atomic E-state index is -0.749. The minimum absolute atomic E-state index is 0.177. The Labute approximate surface area is 104 Å². The van der Waals surface area contributed by atoms with E-state index in [-0.39, 0.29) is 5.41 Å². The van der Waals surface area contributed by atoms with Gasteiger partial charge < -0.3 is 15.3 Å². The van der Waals surface area contributed by atoms with Crippen molar-refractivity contribution >= 4 is 5.97 Å². The summed E-state index contributed by atoms with van der Waals surface area (Å²) in [7, 11) is 4.00. The third-order valence-corrected chi connectivity index (χ3v) is 4.11. The summed E-state index contributed by atoms with van der Waals surface area (Å²) >= 11 is 0. The smallest absolute Gasteiger partial charge is 0.324 e. The zero-order chi connectivity index (χ0) is 13.1. The lowest BCUT2D eigenvalue weighted by Gasteiger charge is -2.47. The van der Waals surface area contributed by atoms with Crippen molar-refractivity contribution in [1.82, 2.24) is 10.2 Å². The number of likely N-dealkylation sites (N-methyl/N-ethyl adjacent to an activating group) is 1. The fourth-order valence-electron chi connectivity index (χ4n) is 2.80. The van der Waals surface area contributed by atoms with Crippen LogP contribution >= 0.6 is 0 Å². The molecule has 1 atom stereocenters. The van der Waals surface area contributed by atoms with Gasteiger partial charge in [-0.3, -0.25) is 4.79 Å². The van der Waals surface area contributed by atoms with Gasteiger partial charge in [-0.2, -0.15) is 0 Å². The number of carboxylic acid groups (broad SMARTS) is 1. The molecule has 0 amide bonds. The van der Waals surface area contributed by atoms with Gasteiger partial charge in [0.05, 0.1) is 0 Å². The fourth-order valence-corrected chi connectivity index (χ4v) is 2.80. The summed E-state index contributed by atoms with van der Waals surface area (Å²) in [5.41, 5.74) is -0.926. The van der Waals surface area contributed by atoms with Crippen molar-refractivity contribution < 1.29 is 9.90 Å². The number of nitrogens with zero attached hydrogens (tertiary/aromatic N) is 1. The molecular weight excluding hydrogens is 216 g/mol. The molecule has 0 aromatic heterocycles. The van der Waals surface area contributed by atoms with Crippen molar-refractivity contribution in [3.63, 3.8) is 0 Å². The zero-order valence-corrected chi connectivity index (χ0v) is 11.5. The van der Waals surface area contributed by atoms with Crippen molar-refractivity contribution in [3.05, 3.63) is 0 Å². The van der Waals surface area contributed by atoms with Gasteiger partial charge in [-0.25, -0.2) is 0 Å². The first-order valence-electron chi connectivity index (χ1n) is 6.45. The maximum atomic E-state index is 11.7. The van der Waals surface area contributed by atoms with Crippen LogP contribution in [0.1, 0.15) is 39.5 Å². The van der Waals surface area contributed by atoms with Gasteiger partial charge in [-0.05, 0) is 32.4 Å². The summed E-state index contributed by atoms with van der Waals surface area (Å²) in [4.78, 5) is 13.8. The first kappa shape index (κ1) is 14.5. The Morgan fingerprint density at radius 1 is 1.29 bits per heavy atom. The van der Waals surface area contributed by atoms with Crippen LogP contribution in [0.15, 0.2) is 0 Å². The van der Waals surface area contributed by atoms with Gasteiger partial charge >= 0.3 is 5.97 Å². The average Bonchev–Trinajstić information content (AvgIpc) is 2.19. The van der Waals surface area contributed by atoms with Crippen LogP contribution in [0.3, 0.4) is 0 Å². The largest absolute Gasteiger partial charge is 0.480 e. The van der Waals surface area contributed by atoms with E-state index >= 15 is 0 Å². The third-order valence-electron chi connectivity index (χ3n) is 4.11. The molecule has 1 aliphatic rings. The molecule has 0 radical (unpaired) electrons. The molecule has 4 heteroatoms. The number of carbonyl (C=O) groups is 1. The van der Waals surface area contributed by atoms with Gasteiger partial charge in [0, 0.05) is 13.1 Å². The van der Waals surface area contributed by atoms with Gasteiger partial charge in [-0.1, -0.05) is 26.7 Å². The molecule has 1 aliphatic carbocycles. The zero-order valence-electron chi connectivity index (χ0n) is 11.5. The molecule has 1 saturated carbocycles. The lowest BCUT2D eigenvalue weighted by molar-refractivity contribution is -0.153. The standard InChI is InChI=1S/C13H26N2O2/c1-12(2)7-5-6-8-13(12,11(16)17)14-9-10-15(3)4/h14H,5-10H2,1-4H3,(H,16,17). The van der Waals surface area contributed by atoms with E-state index in [2.05, 4.69) is 24.1 Å². The molecule has 17 heavy (non-hydrogen) atoms. The predicted molar refractivity (Wildman–Crippen MR) is 69.2 cm³/mol. The number of aliphatic carboxylic acids is 1. The summed E-state index contributed by atoms with van der Waals surface area (Å²) < 4.78 is 0. The second kappa shape index (κ2) is 5.36. The first-order chi connectivity index (χ1) is 7.82. The predicted octanol–water partition coefficient (Wildman–Crippen LogP) is 1.56. The van der Waals surface area contributed by atoms with Gasteiger partial charge in [-0.15, -0.1) is 0 Å². The summed E-state index contributed by atoms with van der Waals surface area (Å²) in [6.45, 7) is 5.74. The molecule has 0 saturated heterocycles. The normalized spacial score (nSPS) is 28.3. The monoisotopic (exact) mass is 242 g/mol.